The van der Waals surface area contributed by atoms with Gasteiger partial charge in [-0.25, -0.2) is 14.8 Å². The van der Waals surface area contributed by atoms with Gasteiger partial charge >= 0.3 is 5.97 Å². The molecule has 0 bridgehead atoms. The van der Waals surface area contributed by atoms with Crippen molar-refractivity contribution in [3.8, 4) is 22.5 Å². The highest BCUT2D eigenvalue weighted by Crippen LogP contribution is 2.31. The Morgan fingerprint density at radius 3 is 2.00 bits per heavy atom. The smallest absolute Gasteiger partial charge is 0.338 e. The van der Waals surface area contributed by atoms with E-state index in [-0.39, 0.29) is 5.56 Å². The number of hydrogen-bond acceptors (Lipinski definition) is 6. The van der Waals surface area contributed by atoms with Crippen molar-refractivity contribution in [2.24, 2.45) is 0 Å². The molecular weight excluding hydrogens is 464 g/mol. The molecule has 0 radical (unpaired) electrons. The second-order valence-electron chi connectivity index (χ2n) is 8.72. The maximum atomic E-state index is 12.7. The first-order valence-electron chi connectivity index (χ1n) is 11.8. The number of benzene rings is 3. The molecule has 0 saturated heterocycles. The lowest BCUT2D eigenvalue weighted by Gasteiger charge is -2.12. The molecule has 0 fully saturated rings. The molecule has 0 unspecified atom stereocenters. The first-order valence-corrected chi connectivity index (χ1v) is 11.8. The van der Waals surface area contributed by atoms with E-state index in [1.807, 2.05) is 62.4 Å². The average molecular weight is 489 g/mol. The molecule has 0 aliphatic heterocycles. The lowest BCUT2D eigenvalue weighted by Crippen LogP contribution is -2.21. The van der Waals surface area contributed by atoms with Crippen LogP contribution in [0, 0.1) is 13.8 Å². The predicted octanol–water partition coefficient (Wildman–Crippen LogP) is 5.77. The molecule has 0 aliphatic rings. The fraction of sp³-hybridized carbons (Fsp3) is 0.100. The van der Waals surface area contributed by atoms with Crippen molar-refractivity contribution < 1.29 is 14.3 Å². The largest absolute Gasteiger partial charge is 0.452 e. The number of carbonyl (C=O) groups excluding carboxylic acids is 2. The third kappa shape index (κ3) is 5.51. The monoisotopic (exact) mass is 488 g/mol. The number of anilines is 1. The fourth-order valence-corrected chi connectivity index (χ4v) is 3.85. The Bertz CT molecular complexity index is 1580. The standard InChI is InChI=1S/C30H24N4O3/c1-19-5-9-21(10-6-19)28-29(22-11-7-20(2)8-12-22)34-26-16-23(13-14-25(26)33-28)30(36)37-18-27(35)32-24-4-3-15-31-17-24/h3-17H,18H2,1-2H3,(H,32,35). The van der Waals surface area contributed by atoms with Gasteiger partial charge in [0.15, 0.2) is 6.61 Å². The zero-order valence-electron chi connectivity index (χ0n) is 20.4. The minimum Gasteiger partial charge on any atom is -0.452 e. The zero-order chi connectivity index (χ0) is 25.8. The van der Waals surface area contributed by atoms with Gasteiger partial charge in [-0.3, -0.25) is 9.78 Å². The molecular formula is C30H24N4O3. The van der Waals surface area contributed by atoms with Crippen LogP contribution in [0.2, 0.25) is 0 Å². The first-order chi connectivity index (χ1) is 18.0. The highest BCUT2D eigenvalue weighted by Gasteiger charge is 2.16. The zero-order valence-corrected chi connectivity index (χ0v) is 20.4. The number of pyridine rings is 1. The normalized spacial score (nSPS) is 10.8. The van der Waals surface area contributed by atoms with Crippen LogP contribution in [-0.2, 0) is 9.53 Å². The van der Waals surface area contributed by atoms with Crippen molar-refractivity contribution in [2.45, 2.75) is 13.8 Å². The fourth-order valence-electron chi connectivity index (χ4n) is 3.85. The number of esters is 1. The third-order valence-corrected chi connectivity index (χ3v) is 5.83. The summed E-state index contributed by atoms with van der Waals surface area (Å²) in [6.45, 7) is 3.66. The number of carbonyl (C=O) groups is 2. The van der Waals surface area contributed by atoms with Gasteiger partial charge in [-0.2, -0.15) is 0 Å². The number of ether oxygens (including phenoxy) is 1. The topological polar surface area (TPSA) is 94.1 Å². The maximum Gasteiger partial charge on any atom is 0.338 e. The lowest BCUT2D eigenvalue weighted by molar-refractivity contribution is -0.119. The van der Waals surface area contributed by atoms with E-state index in [2.05, 4.69) is 10.3 Å². The summed E-state index contributed by atoms with van der Waals surface area (Å²) in [7, 11) is 0. The number of aryl methyl sites for hydroxylation is 2. The second-order valence-corrected chi connectivity index (χ2v) is 8.72. The molecule has 0 saturated carbocycles. The Morgan fingerprint density at radius 1 is 0.784 bits per heavy atom. The molecule has 7 nitrogen and oxygen atoms in total. The number of fused-ring (bicyclic) bond motifs is 1. The van der Waals surface area contributed by atoms with Crippen LogP contribution in [0.1, 0.15) is 21.5 Å². The summed E-state index contributed by atoms with van der Waals surface area (Å²) in [5, 5.41) is 2.63. The van der Waals surface area contributed by atoms with Gasteiger partial charge in [0, 0.05) is 17.3 Å². The number of hydrogen-bond donors (Lipinski definition) is 1. The number of nitrogens with one attached hydrogen (secondary N) is 1. The minimum absolute atomic E-state index is 0.286. The van der Waals surface area contributed by atoms with E-state index in [1.54, 1.807) is 36.5 Å². The molecule has 3 aromatic carbocycles. The van der Waals surface area contributed by atoms with E-state index in [9.17, 15) is 9.59 Å². The Hall–Kier alpha value is -4.91. The van der Waals surface area contributed by atoms with E-state index >= 15 is 0 Å². The molecule has 0 aliphatic carbocycles. The summed E-state index contributed by atoms with van der Waals surface area (Å²) >= 11 is 0. The van der Waals surface area contributed by atoms with Gasteiger partial charge in [-0.1, -0.05) is 59.7 Å². The van der Waals surface area contributed by atoms with Crippen LogP contribution in [0.15, 0.2) is 91.3 Å². The first kappa shape index (κ1) is 23.8. The van der Waals surface area contributed by atoms with Gasteiger partial charge in [0.2, 0.25) is 0 Å². The molecule has 2 aromatic heterocycles. The van der Waals surface area contributed by atoms with Crippen LogP contribution < -0.4 is 5.32 Å². The van der Waals surface area contributed by atoms with Crippen LogP contribution in [0.3, 0.4) is 0 Å². The average Bonchev–Trinajstić information content (AvgIpc) is 2.92. The van der Waals surface area contributed by atoms with Crippen molar-refractivity contribution >= 4 is 28.6 Å². The number of amides is 1. The van der Waals surface area contributed by atoms with Crippen molar-refractivity contribution in [3.63, 3.8) is 0 Å². The summed E-state index contributed by atoms with van der Waals surface area (Å²) in [5.74, 6) is -1.07. The van der Waals surface area contributed by atoms with Crippen molar-refractivity contribution in [1.29, 1.82) is 0 Å². The maximum absolute atomic E-state index is 12.7. The molecule has 1 N–H and O–H groups in total. The quantitative estimate of drug-likeness (QED) is 0.305. The van der Waals surface area contributed by atoms with E-state index < -0.39 is 18.5 Å². The molecule has 5 rings (SSSR count). The molecule has 2 heterocycles. The highest BCUT2D eigenvalue weighted by atomic mass is 16.5. The molecule has 0 spiro atoms. The Balaban J connectivity index is 1.44. The van der Waals surface area contributed by atoms with Crippen LogP contribution >= 0.6 is 0 Å². The molecule has 182 valence electrons. The van der Waals surface area contributed by atoms with Gasteiger partial charge in [-0.05, 0) is 44.2 Å². The Labute approximate surface area is 214 Å². The SMILES string of the molecule is Cc1ccc(-c2nc3ccc(C(=O)OCC(=O)Nc4cccnc4)cc3nc2-c2ccc(C)cc2)cc1. The summed E-state index contributed by atoms with van der Waals surface area (Å²) in [6.07, 6.45) is 3.12. The van der Waals surface area contributed by atoms with Gasteiger partial charge < -0.3 is 10.1 Å². The lowest BCUT2D eigenvalue weighted by atomic mass is 10.0. The molecule has 37 heavy (non-hydrogen) atoms. The van der Waals surface area contributed by atoms with Gasteiger partial charge in [0.1, 0.15) is 0 Å². The number of aromatic nitrogens is 3. The Kier molecular flexibility index (Phi) is 6.68. The van der Waals surface area contributed by atoms with E-state index in [0.29, 0.717) is 16.7 Å². The van der Waals surface area contributed by atoms with Gasteiger partial charge in [-0.15, -0.1) is 0 Å². The molecule has 1 amide bonds. The molecule has 0 atom stereocenters. The van der Waals surface area contributed by atoms with E-state index in [4.69, 9.17) is 14.7 Å². The Morgan fingerprint density at radius 2 is 1.41 bits per heavy atom. The summed E-state index contributed by atoms with van der Waals surface area (Å²) < 4.78 is 5.22. The van der Waals surface area contributed by atoms with Gasteiger partial charge in [0.25, 0.3) is 5.91 Å². The summed E-state index contributed by atoms with van der Waals surface area (Å²) in [4.78, 5) is 38.6. The van der Waals surface area contributed by atoms with Gasteiger partial charge in [0.05, 0.1) is 39.9 Å². The molecule has 5 aromatic rings. The van der Waals surface area contributed by atoms with Crippen LogP contribution in [0.25, 0.3) is 33.5 Å². The predicted molar refractivity (Wildman–Crippen MR) is 143 cm³/mol. The van der Waals surface area contributed by atoms with Crippen molar-refractivity contribution in [3.05, 3.63) is 108 Å². The van der Waals surface area contributed by atoms with E-state index in [1.165, 1.54) is 6.20 Å². The van der Waals surface area contributed by atoms with Crippen molar-refractivity contribution in [2.75, 3.05) is 11.9 Å². The molecule has 7 heteroatoms. The minimum atomic E-state index is -0.621. The number of nitrogens with zero attached hydrogens (tertiary/aromatic N) is 3. The van der Waals surface area contributed by atoms with Crippen LogP contribution in [-0.4, -0.2) is 33.4 Å². The van der Waals surface area contributed by atoms with Crippen LogP contribution in [0.4, 0.5) is 5.69 Å². The van der Waals surface area contributed by atoms with Crippen LogP contribution in [0.5, 0.6) is 0 Å². The summed E-state index contributed by atoms with van der Waals surface area (Å²) in [6, 6.07) is 24.7. The highest BCUT2D eigenvalue weighted by molar-refractivity contribution is 5.97. The number of rotatable bonds is 6. The van der Waals surface area contributed by atoms with Crippen molar-refractivity contribution in [1.82, 2.24) is 15.0 Å². The van der Waals surface area contributed by atoms with E-state index in [0.717, 1.165) is 33.6 Å². The second kappa shape index (κ2) is 10.4. The third-order valence-electron chi connectivity index (χ3n) is 5.83. The summed E-state index contributed by atoms with van der Waals surface area (Å²) in [5.41, 5.74) is 7.69.